The van der Waals surface area contributed by atoms with E-state index in [4.69, 9.17) is 5.73 Å². The number of unbranched alkanes of at least 4 members (excludes halogenated alkanes) is 1. The molecule has 16 heavy (non-hydrogen) atoms. The lowest BCUT2D eigenvalue weighted by molar-refractivity contribution is 0.227. The highest BCUT2D eigenvalue weighted by Gasteiger charge is 2.29. The molecular formula is C14H30N2. The molecule has 1 fully saturated rings. The van der Waals surface area contributed by atoms with E-state index in [2.05, 4.69) is 19.2 Å². The van der Waals surface area contributed by atoms with Crippen molar-refractivity contribution in [2.45, 2.75) is 83.2 Å². The molecule has 1 unspecified atom stereocenters. The van der Waals surface area contributed by atoms with Gasteiger partial charge in [-0.1, -0.05) is 46.0 Å². The van der Waals surface area contributed by atoms with Crippen LogP contribution in [0, 0.1) is 0 Å². The summed E-state index contributed by atoms with van der Waals surface area (Å²) >= 11 is 0. The van der Waals surface area contributed by atoms with Crippen LogP contribution in [0.25, 0.3) is 0 Å². The van der Waals surface area contributed by atoms with Gasteiger partial charge in [0.15, 0.2) is 0 Å². The molecular weight excluding hydrogens is 196 g/mol. The third kappa shape index (κ3) is 4.06. The summed E-state index contributed by atoms with van der Waals surface area (Å²) in [4.78, 5) is 0. The van der Waals surface area contributed by atoms with E-state index in [1.54, 1.807) is 0 Å². The van der Waals surface area contributed by atoms with Crippen molar-refractivity contribution in [2.24, 2.45) is 5.73 Å². The van der Waals surface area contributed by atoms with Gasteiger partial charge in [0.1, 0.15) is 0 Å². The van der Waals surface area contributed by atoms with E-state index in [1.165, 1.54) is 57.8 Å². The van der Waals surface area contributed by atoms with Crippen molar-refractivity contribution < 1.29 is 0 Å². The molecule has 0 heterocycles. The van der Waals surface area contributed by atoms with Crippen LogP contribution in [0.3, 0.4) is 0 Å². The van der Waals surface area contributed by atoms with E-state index in [-0.39, 0.29) is 5.54 Å². The Kier molecular flexibility index (Phi) is 6.37. The van der Waals surface area contributed by atoms with Crippen molar-refractivity contribution in [2.75, 3.05) is 6.54 Å². The van der Waals surface area contributed by atoms with Gasteiger partial charge in [-0.15, -0.1) is 0 Å². The average Bonchev–Trinajstić information content (AvgIpc) is 2.36. The Morgan fingerprint density at radius 2 is 1.88 bits per heavy atom. The Morgan fingerprint density at radius 3 is 2.38 bits per heavy atom. The second-order valence-electron chi connectivity index (χ2n) is 5.42. The molecule has 0 bridgehead atoms. The van der Waals surface area contributed by atoms with E-state index in [1.807, 2.05) is 0 Å². The molecule has 0 aromatic heterocycles. The standard InChI is InChI=1S/C14H30N2/c1-3-5-11-14(4-2,12-15)16-13-9-7-6-8-10-13/h13,16H,3-12,15H2,1-2H3. The van der Waals surface area contributed by atoms with Crippen LogP contribution in [0.5, 0.6) is 0 Å². The summed E-state index contributed by atoms with van der Waals surface area (Å²) in [5, 5.41) is 3.88. The van der Waals surface area contributed by atoms with E-state index < -0.39 is 0 Å². The molecule has 1 rings (SSSR count). The maximum Gasteiger partial charge on any atom is 0.0303 e. The highest BCUT2D eigenvalue weighted by atomic mass is 15.0. The maximum atomic E-state index is 6.01. The van der Waals surface area contributed by atoms with E-state index >= 15 is 0 Å². The minimum atomic E-state index is 0.220. The predicted molar refractivity (Wildman–Crippen MR) is 71.6 cm³/mol. The van der Waals surface area contributed by atoms with Crippen LogP contribution >= 0.6 is 0 Å². The summed E-state index contributed by atoms with van der Waals surface area (Å²) in [5.74, 6) is 0. The Labute approximate surface area is 101 Å². The Balaban J connectivity index is 2.46. The normalized spacial score (nSPS) is 21.9. The Bertz CT molecular complexity index is 170. The molecule has 0 aromatic carbocycles. The quantitative estimate of drug-likeness (QED) is 0.699. The summed E-state index contributed by atoms with van der Waals surface area (Å²) in [6.07, 6.45) is 11.9. The fraction of sp³-hybridized carbons (Fsp3) is 1.00. The molecule has 2 nitrogen and oxygen atoms in total. The Hall–Kier alpha value is -0.0800. The summed E-state index contributed by atoms with van der Waals surface area (Å²) in [5.41, 5.74) is 6.23. The molecule has 0 saturated heterocycles. The number of hydrogen-bond donors (Lipinski definition) is 2. The molecule has 1 aliphatic rings. The second kappa shape index (κ2) is 7.29. The average molecular weight is 226 g/mol. The molecule has 1 aliphatic carbocycles. The van der Waals surface area contributed by atoms with Gasteiger partial charge in [-0.05, 0) is 25.7 Å². The lowest BCUT2D eigenvalue weighted by Gasteiger charge is -2.38. The van der Waals surface area contributed by atoms with E-state index in [0.717, 1.165) is 12.6 Å². The first-order chi connectivity index (χ1) is 7.76. The van der Waals surface area contributed by atoms with E-state index in [9.17, 15) is 0 Å². The number of rotatable bonds is 7. The van der Waals surface area contributed by atoms with E-state index in [0.29, 0.717) is 0 Å². The van der Waals surface area contributed by atoms with Gasteiger partial charge in [0.05, 0.1) is 0 Å². The van der Waals surface area contributed by atoms with Gasteiger partial charge in [0, 0.05) is 18.1 Å². The lowest BCUT2D eigenvalue weighted by atomic mass is 9.86. The van der Waals surface area contributed by atoms with Crippen molar-refractivity contribution in [3.05, 3.63) is 0 Å². The summed E-state index contributed by atoms with van der Waals surface area (Å²) in [6, 6.07) is 0.731. The highest BCUT2D eigenvalue weighted by molar-refractivity contribution is 4.91. The fourth-order valence-corrected chi connectivity index (χ4v) is 2.85. The number of nitrogens with one attached hydrogen (secondary N) is 1. The van der Waals surface area contributed by atoms with Crippen LogP contribution in [0.4, 0.5) is 0 Å². The predicted octanol–water partition coefficient (Wildman–Crippen LogP) is 3.21. The zero-order valence-corrected chi connectivity index (χ0v) is 11.2. The van der Waals surface area contributed by atoms with Gasteiger partial charge in [-0.3, -0.25) is 0 Å². The van der Waals surface area contributed by atoms with Crippen molar-refractivity contribution >= 4 is 0 Å². The first kappa shape index (κ1) is 14.0. The zero-order chi connectivity index (χ0) is 11.9. The van der Waals surface area contributed by atoms with Gasteiger partial charge in [0.2, 0.25) is 0 Å². The molecule has 1 saturated carbocycles. The van der Waals surface area contributed by atoms with Gasteiger partial charge in [-0.25, -0.2) is 0 Å². The fourth-order valence-electron chi connectivity index (χ4n) is 2.85. The first-order valence-corrected chi connectivity index (χ1v) is 7.24. The zero-order valence-electron chi connectivity index (χ0n) is 11.2. The molecule has 0 radical (unpaired) electrons. The van der Waals surface area contributed by atoms with Crippen LogP contribution in [0.1, 0.15) is 71.6 Å². The monoisotopic (exact) mass is 226 g/mol. The van der Waals surface area contributed by atoms with Crippen molar-refractivity contribution in [3.63, 3.8) is 0 Å². The maximum absolute atomic E-state index is 6.01. The third-order valence-electron chi connectivity index (χ3n) is 4.19. The molecule has 0 spiro atoms. The van der Waals surface area contributed by atoms with Crippen LogP contribution in [0.2, 0.25) is 0 Å². The van der Waals surface area contributed by atoms with Crippen molar-refractivity contribution in [1.82, 2.24) is 5.32 Å². The molecule has 3 N–H and O–H groups in total. The highest BCUT2D eigenvalue weighted by Crippen LogP contribution is 2.24. The van der Waals surface area contributed by atoms with Gasteiger partial charge >= 0.3 is 0 Å². The smallest absolute Gasteiger partial charge is 0.0303 e. The topological polar surface area (TPSA) is 38.0 Å². The second-order valence-corrected chi connectivity index (χ2v) is 5.42. The number of hydrogen-bond acceptors (Lipinski definition) is 2. The van der Waals surface area contributed by atoms with Crippen LogP contribution < -0.4 is 11.1 Å². The summed E-state index contributed by atoms with van der Waals surface area (Å²) in [6.45, 7) is 5.33. The largest absolute Gasteiger partial charge is 0.329 e. The van der Waals surface area contributed by atoms with Gasteiger partial charge in [0.25, 0.3) is 0 Å². The van der Waals surface area contributed by atoms with Gasteiger partial charge in [-0.2, -0.15) is 0 Å². The molecule has 96 valence electrons. The van der Waals surface area contributed by atoms with Crippen LogP contribution in [-0.2, 0) is 0 Å². The van der Waals surface area contributed by atoms with Gasteiger partial charge < -0.3 is 11.1 Å². The summed E-state index contributed by atoms with van der Waals surface area (Å²) < 4.78 is 0. The molecule has 0 aliphatic heterocycles. The minimum absolute atomic E-state index is 0.220. The molecule has 0 amide bonds. The first-order valence-electron chi connectivity index (χ1n) is 7.24. The molecule has 0 aromatic rings. The molecule has 1 atom stereocenters. The number of nitrogens with two attached hydrogens (primary N) is 1. The molecule has 2 heteroatoms. The van der Waals surface area contributed by atoms with Crippen molar-refractivity contribution in [1.29, 1.82) is 0 Å². The third-order valence-corrected chi connectivity index (χ3v) is 4.19. The van der Waals surface area contributed by atoms with Crippen LogP contribution in [0.15, 0.2) is 0 Å². The van der Waals surface area contributed by atoms with Crippen molar-refractivity contribution in [3.8, 4) is 0 Å². The summed E-state index contributed by atoms with van der Waals surface area (Å²) in [7, 11) is 0. The lowest BCUT2D eigenvalue weighted by Crippen LogP contribution is -2.55. The Morgan fingerprint density at radius 1 is 1.19 bits per heavy atom. The minimum Gasteiger partial charge on any atom is -0.329 e. The van der Waals surface area contributed by atoms with Crippen LogP contribution in [-0.4, -0.2) is 18.1 Å². The SMILES string of the molecule is CCCCC(CC)(CN)NC1CCCCC1.